The molecule has 1 aliphatic rings. The molecular weight excluding hydrogens is 372 g/mol. The van der Waals surface area contributed by atoms with E-state index in [1.165, 1.54) is 21.6 Å². The van der Waals surface area contributed by atoms with Gasteiger partial charge in [-0.05, 0) is 30.9 Å². The molecule has 1 aliphatic carbocycles. The zero-order chi connectivity index (χ0) is 18.8. The maximum absolute atomic E-state index is 12.3. The number of aromatic nitrogens is 6. The van der Waals surface area contributed by atoms with Crippen LogP contribution in [0.1, 0.15) is 16.3 Å². The van der Waals surface area contributed by atoms with E-state index in [1.807, 2.05) is 0 Å². The highest BCUT2D eigenvalue weighted by Gasteiger charge is 2.25. The van der Waals surface area contributed by atoms with E-state index in [2.05, 4.69) is 49.3 Å². The van der Waals surface area contributed by atoms with Crippen molar-refractivity contribution < 1.29 is 0 Å². The second-order valence-corrected chi connectivity index (χ2v) is 7.96. The quantitative estimate of drug-likeness (QED) is 0.478. The van der Waals surface area contributed by atoms with E-state index in [0.717, 1.165) is 23.1 Å². The Balaban J connectivity index is 1.74. The largest absolute Gasteiger partial charge is 0.310 e. The zero-order valence-electron chi connectivity index (χ0n) is 14.9. The van der Waals surface area contributed by atoms with Gasteiger partial charge in [0.25, 0.3) is 5.56 Å². The molecule has 4 heterocycles. The summed E-state index contributed by atoms with van der Waals surface area (Å²) in [6.45, 7) is 1.76. The van der Waals surface area contributed by atoms with Crippen molar-refractivity contribution in [2.24, 2.45) is 0 Å². The normalized spacial score (nSPS) is 13.0. The van der Waals surface area contributed by atoms with Crippen LogP contribution in [0.5, 0.6) is 0 Å². The van der Waals surface area contributed by atoms with E-state index < -0.39 is 0 Å². The summed E-state index contributed by atoms with van der Waals surface area (Å²) in [4.78, 5) is 30.8. The highest BCUT2D eigenvalue weighted by Crippen LogP contribution is 2.44. The number of nitrogens with zero attached hydrogens (tertiary/aromatic N) is 5. The molecule has 0 aliphatic heterocycles. The summed E-state index contributed by atoms with van der Waals surface area (Å²) >= 11 is 1.71. The van der Waals surface area contributed by atoms with Crippen molar-refractivity contribution in [3.63, 3.8) is 0 Å². The molecule has 6 rings (SSSR count). The Morgan fingerprint density at radius 1 is 1.18 bits per heavy atom. The summed E-state index contributed by atoms with van der Waals surface area (Å²) in [6.07, 6.45) is 5.11. The van der Waals surface area contributed by atoms with Crippen LogP contribution in [-0.2, 0) is 12.8 Å². The number of thiophene rings is 1. The van der Waals surface area contributed by atoms with Gasteiger partial charge in [0.05, 0.1) is 11.6 Å². The first-order valence-corrected chi connectivity index (χ1v) is 9.82. The van der Waals surface area contributed by atoms with Gasteiger partial charge in [-0.3, -0.25) is 4.79 Å². The first-order valence-electron chi connectivity index (χ1n) is 9.00. The van der Waals surface area contributed by atoms with Crippen LogP contribution in [0.15, 0.2) is 41.6 Å². The molecule has 0 bridgehead atoms. The Bertz CT molecular complexity index is 1460. The molecule has 28 heavy (non-hydrogen) atoms. The third-order valence-electron chi connectivity index (χ3n) is 5.21. The molecule has 1 aromatic carbocycles. The number of aromatic amines is 1. The van der Waals surface area contributed by atoms with Gasteiger partial charge in [-0.25, -0.2) is 15.0 Å². The molecular formula is C20H14N6OS. The lowest BCUT2D eigenvalue weighted by Gasteiger charge is -2.17. The first-order chi connectivity index (χ1) is 13.7. The number of hydrogen-bond acceptors (Lipinski definition) is 6. The third kappa shape index (κ3) is 2.06. The van der Waals surface area contributed by atoms with Gasteiger partial charge in [0.2, 0.25) is 0 Å². The Morgan fingerprint density at radius 2 is 2.07 bits per heavy atom. The van der Waals surface area contributed by atoms with Gasteiger partial charge < -0.3 is 4.98 Å². The molecule has 0 amide bonds. The van der Waals surface area contributed by atoms with Gasteiger partial charge in [0.15, 0.2) is 11.5 Å². The number of fused-ring (bicyclic) bond motifs is 6. The minimum atomic E-state index is -0.197. The highest BCUT2D eigenvalue weighted by atomic mass is 32.1. The molecule has 5 aromatic rings. The highest BCUT2D eigenvalue weighted by molar-refractivity contribution is 7.19. The van der Waals surface area contributed by atoms with Crippen LogP contribution in [0.3, 0.4) is 0 Å². The van der Waals surface area contributed by atoms with Crippen molar-refractivity contribution in [2.75, 3.05) is 0 Å². The molecule has 0 saturated carbocycles. The van der Waals surface area contributed by atoms with Gasteiger partial charge in [-0.1, -0.05) is 24.3 Å². The Hall–Kier alpha value is -3.39. The van der Waals surface area contributed by atoms with E-state index in [0.29, 0.717) is 22.7 Å². The Labute approximate surface area is 162 Å². The van der Waals surface area contributed by atoms with Crippen molar-refractivity contribution in [3.05, 3.63) is 63.4 Å². The smallest absolute Gasteiger partial charge is 0.262 e. The van der Waals surface area contributed by atoms with Crippen molar-refractivity contribution >= 4 is 32.6 Å². The van der Waals surface area contributed by atoms with Crippen LogP contribution in [-0.4, -0.2) is 29.7 Å². The van der Waals surface area contributed by atoms with E-state index in [1.54, 1.807) is 35.5 Å². The third-order valence-corrected chi connectivity index (χ3v) is 6.36. The van der Waals surface area contributed by atoms with Crippen molar-refractivity contribution in [3.8, 4) is 16.9 Å². The van der Waals surface area contributed by atoms with E-state index >= 15 is 0 Å². The molecule has 0 atom stereocenters. The number of benzene rings is 1. The minimum absolute atomic E-state index is 0.197. The maximum atomic E-state index is 12.3. The average Bonchev–Trinajstić information content (AvgIpc) is 3.29. The van der Waals surface area contributed by atoms with Gasteiger partial charge in [-0.2, -0.15) is 9.78 Å². The van der Waals surface area contributed by atoms with Crippen LogP contribution in [0.2, 0.25) is 0 Å². The summed E-state index contributed by atoms with van der Waals surface area (Å²) in [7, 11) is 0. The SMILES string of the molecule is Cc1nc2c(cnn2-c2ncnc3sc4c(c23)-c2ccccc2CC4)c(=O)[nH]1. The standard InChI is InChI=1S/C20H14N6OS/c1-10-24-17-13(19(27)25-10)8-23-26(17)18-16-15-12-5-3-2-4-11(12)6-7-14(15)28-20(16)22-9-21-18/h2-5,8-9H,6-7H2,1H3,(H,24,25,27). The topological polar surface area (TPSA) is 89.3 Å². The Morgan fingerprint density at radius 3 is 3.00 bits per heavy atom. The molecule has 8 heteroatoms. The van der Waals surface area contributed by atoms with E-state index in [-0.39, 0.29) is 5.56 Å². The number of hydrogen-bond donors (Lipinski definition) is 1. The van der Waals surface area contributed by atoms with Crippen LogP contribution >= 0.6 is 11.3 Å². The van der Waals surface area contributed by atoms with Crippen molar-refractivity contribution in [1.82, 2.24) is 29.7 Å². The number of nitrogens with one attached hydrogen (secondary N) is 1. The lowest BCUT2D eigenvalue weighted by Crippen LogP contribution is -2.10. The second kappa shape index (κ2) is 5.56. The van der Waals surface area contributed by atoms with Crippen LogP contribution in [0, 0.1) is 6.92 Å². The number of rotatable bonds is 1. The Kier molecular flexibility index (Phi) is 3.10. The lowest BCUT2D eigenvalue weighted by atomic mass is 9.89. The average molecular weight is 386 g/mol. The molecule has 136 valence electrons. The first kappa shape index (κ1) is 15.6. The zero-order valence-corrected chi connectivity index (χ0v) is 15.7. The van der Waals surface area contributed by atoms with Gasteiger partial charge in [-0.15, -0.1) is 11.3 Å². The van der Waals surface area contributed by atoms with Crippen molar-refractivity contribution in [2.45, 2.75) is 19.8 Å². The maximum Gasteiger partial charge on any atom is 0.262 e. The summed E-state index contributed by atoms with van der Waals surface area (Å²) in [5, 5.41) is 5.87. The number of aryl methyl sites for hydroxylation is 3. The molecule has 0 fully saturated rings. The molecule has 0 radical (unpaired) electrons. The van der Waals surface area contributed by atoms with Crippen molar-refractivity contribution in [1.29, 1.82) is 0 Å². The summed E-state index contributed by atoms with van der Waals surface area (Å²) in [5.41, 5.74) is 4.05. The van der Waals surface area contributed by atoms with E-state index in [4.69, 9.17) is 0 Å². The molecule has 7 nitrogen and oxygen atoms in total. The van der Waals surface area contributed by atoms with Crippen LogP contribution < -0.4 is 5.56 Å². The van der Waals surface area contributed by atoms with Gasteiger partial charge in [0, 0.05) is 10.4 Å². The molecule has 0 unspecified atom stereocenters. The second-order valence-electron chi connectivity index (χ2n) is 6.88. The summed E-state index contributed by atoms with van der Waals surface area (Å²) in [5.74, 6) is 1.20. The number of H-pyrrole nitrogens is 1. The fourth-order valence-corrected chi connectivity index (χ4v) is 5.15. The fourth-order valence-electron chi connectivity index (χ4n) is 4.00. The van der Waals surface area contributed by atoms with E-state index in [9.17, 15) is 4.79 Å². The monoisotopic (exact) mass is 386 g/mol. The summed E-state index contributed by atoms with van der Waals surface area (Å²) < 4.78 is 1.66. The van der Waals surface area contributed by atoms with Crippen LogP contribution in [0.25, 0.3) is 38.2 Å². The molecule has 0 spiro atoms. The predicted molar refractivity (Wildman–Crippen MR) is 108 cm³/mol. The molecule has 4 aromatic heterocycles. The van der Waals surface area contributed by atoms with Gasteiger partial charge >= 0.3 is 0 Å². The predicted octanol–water partition coefficient (Wildman–Crippen LogP) is 3.19. The minimum Gasteiger partial charge on any atom is -0.310 e. The van der Waals surface area contributed by atoms with Gasteiger partial charge in [0.1, 0.15) is 22.4 Å². The lowest BCUT2D eigenvalue weighted by molar-refractivity contribution is 0.861. The fraction of sp³-hybridized carbons (Fsp3) is 0.150. The summed E-state index contributed by atoms with van der Waals surface area (Å²) in [6, 6.07) is 8.48. The molecule has 0 saturated heterocycles. The van der Waals surface area contributed by atoms with Crippen LogP contribution in [0.4, 0.5) is 0 Å². The molecule has 1 N–H and O–H groups in total.